The minimum Gasteiger partial charge on any atom is -0.469 e. The van der Waals surface area contributed by atoms with Crippen molar-refractivity contribution in [3.8, 4) is 0 Å². The number of alkyl halides is 2. The van der Waals surface area contributed by atoms with E-state index in [0.717, 1.165) is 36.4 Å². The number of thiazole rings is 1. The van der Waals surface area contributed by atoms with Gasteiger partial charge in [-0.25, -0.2) is 13.8 Å². The van der Waals surface area contributed by atoms with Gasteiger partial charge in [0.1, 0.15) is 0 Å². The van der Waals surface area contributed by atoms with Crippen LogP contribution in [0.2, 0.25) is 0 Å². The Hall–Kier alpha value is -1.04. The van der Waals surface area contributed by atoms with Crippen LogP contribution < -0.4 is 0 Å². The Morgan fingerprint density at radius 1 is 1.38 bits per heavy atom. The van der Waals surface area contributed by atoms with E-state index in [1.54, 1.807) is 0 Å². The van der Waals surface area contributed by atoms with Gasteiger partial charge < -0.3 is 4.74 Å². The number of hydrogen-bond acceptors (Lipinski definition) is 4. The SMILES string of the molecule is COC(=O)C1CCCCC1c1csc(C2CC(F)(F)C2)n1. The summed E-state index contributed by atoms with van der Waals surface area (Å²) in [6.07, 6.45) is 3.67. The molecule has 2 saturated carbocycles. The zero-order valence-electron chi connectivity index (χ0n) is 12.0. The molecule has 2 aliphatic rings. The highest BCUT2D eigenvalue weighted by atomic mass is 32.1. The molecule has 0 bridgehead atoms. The molecule has 21 heavy (non-hydrogen) atoms. The van der Waals surface area contributed by atoms with Gasteiger partial charge in [-0.05, 0) is 12.8 Å². The van der Waals surface area contributed by atoms with E-state index in [4.69, 9.17) is 4.74 Å². The molecule has 0 saturated heterocycles. The van der Waals surface area contributed by atoms with Gasteiger partial charge in [0.2, 0.25) is 5.92 Å². The van der Waals surface area contributed by atoms with Crippen molar-refractivity contribution in [3.05, 3.63) is 16.1 Å². The van der Waals surface area contributed by atoms with Crippen molar-refractivity contribution >= 4 is 17.3 Å². The highest BCUT2D eigenvalue weighted by Gasteiger charge is 2.47. The summed E-state index contributed by atoms with van der Waals surface area (Å²) < 4.78 is 30.8. The minimum atomic E-state index is -2.52. The van der Waals surface area contributed by atoms with Crippen molar-refractivity contribution in [3.63, 3.8) is 0 Å². The minimum absolute atomic E-state index is 0.0804. The lowest BCUT2D eigenvalue weighted by Gasteiger charge is -2.33. The number of hydrogen-bond donors (Lipinski definition) is 0. The lowest BCUT2D eigenvalue weighted by atomic mass is 9.77. The van der Waals surface area contributed by atoms with Crippen molar-refractivity contribution in [2.75, 3.05) is 7.11 Å². The number of carbonyl (C=O) groups excluding carboxylic acids is 1. The quantitative estimate of drug-likeness (QED) is 0.788. The van der Waals surface area contributed by atoms with Crippen molar-refractivity contribution in [1.29, 1.82) is 0 Å². The molecule has 1 aromatic heterocycles. The Morgan fingerprint density at radius 3 is 2.76 bits per heavy atom. The Bertz CT molecular complexity index is 523. The molecule has 1 heterocycles. The largest absolute Gasteiger partial charge is 0.469 e. The number of ether oxygens (including phenoxy) is 1. The van der Waals surface area contributed by atoms with Crippen molar-refractivity contribution < 1.29 is 18.3 Å². The molecule has 0 spiro atoms. The van der Waals surface area contributed by atoms with Gasteiger partial charge in [0.05, 0.1) is 23.7 Å². The van der Waals surface area contributed by atoms with Crippen LogP contribution >= 0.6 is 11.3 Å². The molecule has 0 amide bonds. The summed E-state index contributed by atoms with van der Waals surface area (Å²) in [6.45, 7) is 0. The molecule has 3 nitrogen and oxygen atoms in total. The summed E-state index contributed by atoms with van der Waals surface area (Å²) in [5.41, 5.74) is 0.889. The molecular weight excluding hydrogens is 296 g/mol. The van der Waals surface area contributed by atoms with Crippen LogP contribution in [-0.2, 0) is 9.53 Å². The van der Waals surface area contributed by atoms with Crippen molar-refractivity contribution in [2.45, 2.75) is 56.3 Å². The smallest absolute Gasteiger partial charge is 0.309 e. The zero-order valence-corrected chi connectivity index (χ0v) is 12.8. The van der Waals surface area contributed by atoms with Crippen LogP contribution in [0.3, 0.4) is 0 Å². The maximum atomic E-state index is 13.0. The summed E-state index contributed by atoms with van der Waals surface area (Å²) in [4.78, 5) is 16.5. The first-order valence-electron chi connectivity index (χ1n) is 7.41. The van der Waals surface area contributed by atoms with E-state index < -0.39 is 5.92 Å². The third kappa shape index (κ3) is 2.96. The van der Waals surface area contributed by atoms with Gasteiger partial charge in [-0.1, -0.05) is 12.8 Å². The molecular formula is C15H19F2NO2S. The number of methoxy groups -OCH3 is 1. The molecule has 2 fully saturated rings. The molecule has 0 aliphatic heterocycles. The predicted molar refractivity (Wildman–Crippen MR) is 75.8 cm³/mol. The molecule has 0 N–H and O–H groups in total. The fourth-order valence-corrected chi connectivity index (χ4v) is 4.40. The van der Waals surface area contributed by atoms with Gasteiger partial charge in [-0.2, -0.15) is 0 Å². The number of nitrogens with zero attached hydrogens (tertiary/aromatic N) is 1. The van der Waals surface area contributed by atoms with E-state index in [9.17, 15) is 13.6 Å². The van der Waals surface area contributed by atoms with Crippen LogP contribution in [0, 0.1) is 5.92 Å². The number of halogens is 2. The molecule has 0 aromatic carbocycles. The van der Waals surface area contributed by atoms with Gasteiger partial charge in [-0.3, -0.25) is 4.79 Å². The van der Waals surface area contributed by atoms with Gasteiger partial charge in [-0.15, -0.1) is 11.3 Å². The van der Waals surface area contributed by atoms with Crippen LogP contribution in [0.5, 0.6) is 0 Å². The van der Waals surface area contributed by atoms with E-state index in [1.807, 2.05) is 5.38 Å². The molecule has 6 heteroatoms. The lowest BCUT2D eigenvalue weighted by Crippen LogP contribution is -2.33. The molecule has 116 valence electrons. The zero-order chi connectivity index (χ0) is 15.0. The highest BCUT2D eigenvalue weighted by molar-refractivity contribution is 7.09. The first-order chi connectivity index (χ1) is 10.00. The lowest BCUT2D eigenvalue weighted by molar-refractivity contribution is -0.147. The predicted octanol–water partition coefficient (Wildman–Crippen LogP) is 4.10. The average Bonchev–Trinajstić information content (AvgIpc) is 2.93. The van der Waals surface area contributed by atoms with Crippen LogP contribution in [-0.4, -0.2) is 24.0 Å². The molecule has 0 radical (unpaired) electrons. The number of rotatable bonds is 3. The first kappa shape index (κ1) is 14.9. The number of carbonyl (C=O) groups is 1. The monoisotopic (exact) mass is 315 g/mol. The summed E-state index contributed by atoms with van der Waals surface area (Å²) in [7, 11) is 1.41. The fraction of sp³-hybridized carbons (Fsp3) is 0.733. The van der Waals surface area contributed by atoms with Crippen molar-refractivity contribution in [2.24, 2.45) is 5.92 Å². The molecule has 1 aromatic rings. The summed E-state index contributed by atoms with van der Waals surface area (Å²) in [5.74, 6) is -2.86. The van der Waals surface area contributed by atoms with Gasteiger partial charge in [0.15, 0.2) is 0 Å². The number of aromatic nitrogens is 1. The Labute approximate surface area is 126 Å². The third-order valence-corrected chi connectivity index (χ3v) is 5.65. The maximum absolute atomic E-state index is 13.0. The van der Waals surface area contributed by atoms with E-state index in [0.29, 0.717) is 0 Å². The van der Waals surface area contributed by atoms with Gasteiger partial charge in [0, 0.05) is 30.1 Å². The summed E-state index contributed by atoms with van der Waals surface area (Å²) in [6, 6.07) is 0. The van der Waals surface area contributed by atoms with Crippen LogP contribution in [0.4, 0.5) is 8.78 Å². The van der Waals surface area contributed by atoms with Gasteiger partial charge in [0.25, 0.3) is 0 Å². The summed E-state index contributed by atoms with van der Waals surface area (Å²) in [5, 5.41) is 2.74. The maximum Gasteiger partial charge on any atom is 0.309 e. The second-order valence-electron chi connectivity index (χ2n) is 6.09. The Morgan fingerprint density at radius 2 is 2.10 bits per heavy atom. The van der Waals surface area contributed by atoms with E-state index in [-0.39, 0.29) is 36.6 Å². The molecule has 2 atom stereocenters. The van der Waals surface area contributed by atoms with Crippen LogP contribution in [0.15, 0.2) is 5.38 Å². The Balaban J connectivity index is 1.73. The number of esters is 1. The Kier molecular flexibility index (Phi) is 3.99. The molecule has 2 unspecified atom stereocenters. The topological polar surface area (TPSA) is 39.2 Å². The second kappa shape index (κ2) is 5.63. The van der Waals surface area contributed by atoms with E-state index >= 15 is 0 Å². The van der Waals surface area contributed by atoms with Crippen LogP contribution in [0.25, 0.3) is 0 Å². The molecule has 2 aliphatic carbocycles. The van der Waals surface area contributed by atoms with Crippen molar-refractivity contribution in [1.82, 2.24) is 4.98 Å². The standard InChI is InChI=1S/C15H19F2NO2S/c1-20-14(19)11-5-3-2-4-10(11)12-8-21-13(18-12)9-6-15(16,17)7-9/h8-11H,2-7H2,1H3. The van der Waals surface area contributed by atoms with Crippen LogP contribution in [0.1, 0.15) is 61.1 Å². The van der Waals surface area contributed by atoms with E-state index in [1.165, 1.54) is 18.4 Å². The second-order valence-corrected chi connectivity index (χ2v) is 6.98. The van der Waals surface area contributed by atoms with E-state index in [2.05, 4.69) is 4.98 Å². The first-order valence-corrected chi connectivity index (χ1v) is 8.29. The third-order valence-electron chi connectivity index (χ3n) is 4.63. The normalized spacial score (nSPS) is 28.9. The average molecular weight is 315 g/mol. The van der Waals surface area contributed by atoms with Gasteiger partial charge >= 0.3 is 5.97 Å². The fourth-order valence-electron chi connectivity index (χ4n) is 3.41. The summed E-state index contributed by atoms with van der Waals surface area (Å²) >= 11 is 1.45. The highest BCUT2D eigenvalue weighted by Crippen LogP contribution is 2.49. The molecule has 3 rings (SSSR count).